The molecule has 0 bridgehead atoms. The lowest BCUT2D eigenvalue weighted by Gasteiger charge is -2.28. The monoisotopic (exact) mass is 236 g/mol. The van der Waals surface area contributed by atoms with E-state index in [1.54, 1.807) is 0 Å². The van der Waals surface area contributed by atoms with Crippen LogP contribution in [0.2, 0.25) is 0 Å². The van der Waals surface area contributed by atoms with Gasteiger partial charge in [-0.15, -0.1) is 0 Å². The number of nitrogens with one attached hydrogen (secondary N) is 2. The van der Waals surface area contributed by atoms with Gasteiger partial charge in [0.2, 0.25) is 0 Å². The maximum Gasteiger partial charge on any atom is 0.117 e. The van der Waals surface area contributed by atoms with Crippen molar-refractivity contribution in [1.29, 1.82) is 0 Å². The Hall–Kier alpha value is -0.800. The zero-order valence-corrected chi connectivity index (χ0v) is 11.0. The van der Waals surface area contributed by atoms with Gasteiger partial charge in [-0.1, -0.05) is 13.3 Å². The van der Waals surface area contributed by atoms with Crippen molar-refractivity contribution in [3.8, 4) is 0 Å². The van der Waals surface area contributed by atoms with Crippen molar-refractivity contribution in [3.05, 3.63) is 23.7 Å². The predicted octanol–water partition coefficient (Wildman–Crippen LogP) is 2.46. The Kier molecular flexibility index (Phi) is 4.24. The quantitative estimate of drug-likeness (QED) is 0.796. The van der Waals surface area contributed by atoms with Crippen molar-refractivity contribution in [3.63, 3.8) is 0 Å². The Morgan fingerprint density at radius 1 is 1.47 bits per heavy atom. The van der Waals surface area contributed by atoms with Gasteiger partial charge in [0.25, 0.3) is 0 Å². The van der Waals surface area contributed by atoms with E-state index in [1.165, 1.54) is 25.8 Å². The standard InChI is InChI=1S/C14H24N2O/c1-3-6-14(7-8-15-10-14)11-16-9-13-5-4-12(2)17-13/h4-5,15-16H,3,6-11H2,1-2H3. The van der Waals surface area contributed by atoms with E-state index in [0.717, 1.165) is 31.2 Å². The molecule has 1 aromatic heterocycles. The van der Waals surface area contributed by atoms with Crippen molar-refractivity contribution < 1.29 is 4.42 Å². The van der Waals surface area contributed by atoms with Crippen LogP contribution in [0.5, 0.6) is 0 Å². The second kappa shape index (κ2) is 5.69. The summed E-state index contributed by atoms with van der Waals surface area (Å²) < 4.78 is 5.56. The molecule has 1 aromatic rings. The van der Waals surface area contributed by atoms with E-state index < -0.39 is 0 Å². The van der Waals surface area contributed by atoms with Gasteiger partial charge in [-0.2, -0.15) is 0 Å². The number of hydrogen-bond acceptors (Lipinski definition) is 3. The molecule has 96 valence electrons. The second-order valence-corrected chi connectivity index (χ2v) is 5.29. The molecule has 1 fully saturated rings. The third kappa shape index (κ3) is 3.33. The summed E-state index contributed by atoms with van der Waals surface area (Å²) in [6, 6.07) is 4.08. The highest BCUT2D eigenvalue weighted by Crippen LogP contribution is 2.30. The van der Waals surface area contributed by atoms with Crippen molar-refractivity contribution in [2.45, 2.75) is 39.7 Å². The first-order valence-corrected chi connectivity index (χ1v) is 6.71. The first-order valence-electron chi connectivity index (χ1n) is 6.71. The molecule has 17 heavy (non-hydrogen) atoms. The molecule has 0 aliphatic carbocycles. The molecule has 2 heterocycles. The van der Waals surface area contributed by atoms with Gasteiger partial charge in [0, 0.05) is 13.1 Å². The molecule has 3 heteroatoms. The molecular formula is C14H24N2O. The highest BCUT2D eigenvalue weighted by atomic mass is 16.3. The van der Waals surface area contributed by atoms with Gasteiger partial charge < -0.3 is 15.1 Å². The highest BCUT2D eigenvalue weighted by molar-refractivity contribution is 5.05. The summed E-state index contributed by atoms with van der Waals surface area (Å²) in [5.41, 5.74) is 0.469. The van der Waals surface area contributed by atoms with Crippen LogP contribution in [-0.2, 0) is 6.54 Å². The fourth-order valence-corrected chi connectivity index (χ4v) is 2.81. The van der Waals surface area contributed by atoms with E-state index in [1.807, 2.05) is 13.0 Å². The molecule has 1 aliphatic heterocycles. The lowest BCUT2D eigenvalue weighted by molar-refractivity contribution is 0.272. The summed E-state index contributed by atoms with van der Waals surface area (Å²) >= 11 is 0. The summed E-state index contributed by atoms with van der Waals surface area (Å²) in [5, 5.41) is 7.04. The largest absolute Gasteiger partial charge is 0.465 e. The lowest BCUT2D eigenvalue weighted by atomic mass is 9.82. The van der Waals surface area contributed by atoms with Crippen molar-refractivity contribution in [2.24, 2.45) is 5.41 Å². The minimum Gasteiger partial charge on any atom is -0.465 e. The molecule has 0 aromatic carbocycles. The Bertz CT molecular complexity index is 340. The first-order chi connectivity index (χ1) is 8.24. The van der Waals surface area contributed by atoms with Gasteiger partial charge in [-0.25, -0.2) is 0 Å². The summed E-state index contributed by atoms with van der Waals surface area (Å²) in [5.74, 6) is 2.03. The van der Waals surface area contributed by atoms with Crippen LogP contribution in [0.25, 0.3) is 0 Å². The predicted molar refractivity (Wildman–Crippen MR) is 70.0 cm³/mol. The van der Waals surface area contributed by atoms with Gasteiger partial charge in [0.15, 0.2) is 0 Å². The van der Waals surface area contributed by atoms with Gasteiger partial charge >= 0.3 is 0 Å². The minimum atomic E-state index is 0.469. The smallest absolute Gasteiger partial charge is 0.117 e. The normalized spacial score (nSPS) is 24.4. The summed E-state index contributed by atoms with van der Waals surface area (Å²) in [6.45, 7) is 8.53. The molecule has 0 amide bonds. The van der Waals surface area contributed by atoms with E-state index >= 15 is 0 Å². The van der Waals surface area contributed by atoms with E-state index in [9.17, 15) is 0 Å². The second-order valence-electron chi connectivity index (χ2n) is 5.29. The topological polar surface area (TPSA) is 37.2 Å². The van der Waals surface area contributed by atoms with Crippen LogP contribution in [0.4, 0.5) is 0 Å². The Morgan fingerprint density at radius 2 is 2.35 bits per heavy atom. The Morgan fingerprint density at radius 3 is 2.94 bits per heavy atom. The fraction of sp³-hybridized carbons (Fsp3) is 0.714. The molecule has 1 unspecified atom stereocenters. The Balaban J connectivity index is 1.79. The van der Waals surface area contributed by atoms with Crippen LogP contribution in [0, 0.1) is 12.3 Å². The van der Waals surface area contributed by atoms with Gasteiger partial charge in [-0.3, -0.25) is 0 Å². The molecule has 3 nitrogen and oxygen atoms in total. The zero-order valence-electron chi connectivity index (χ0n) is 11.0. The lowest BCUT2D eigenvalue weighted by Crippen LogP contribution is -2.35. The average molecular weight is 236 g/mol. The van der Waals surface area contributed by atoms with E-state index in [0.29, 0.717) is 5.41 Å². The molecule has 2 rings (SSSR count). The molecule has 1 saturated heterocycles. The molecule has 1 aliphatic rings. The van der Waals surface area contributed by atoms with Crippen LogP contribution >= 0.6 is 0 Å². The van der Waals surface area contributed by atoms with Crippen LogP contribution < -0.4 is 10.6 Å². The summed E-state index contributed by atoms with van der Waals surface area (Å²) in [6.07, 6.45) is 3.87. The van der Waals surface area contributed by atoms with E-state index in [2.05, 4.69) is 23.6 Å². The van der Waals surface area contributed by atoms with E-state index in [4.69, 9.17) is 4.42 Å². The highest BCUT2D eigenvalue weighted by Gasteiger charge is 2.32. The van der Waals surface area contributed by atoms with Gasteiger partial charge in [0.05, 0.1) is 6.54 Å². The fourth-order valence-electron chi connectivity index (χ4n) is 2.81. The summed E-state index contributed by atoms with van der Waals surface area (Å²) in [4.78, 5) is 0. The molecule has 2 N–H and O–H groups in total. The van der Waals surface area contributed by atoms with Gasteiger partial charge in [0.1, 0.15) is 11.5 Å². The number of aryl methyl sites for hydroxylation is 1. The molecule has 1 atom stereocenters. The minimum absolute atomic E-state index is 0.469. The van der Waals surface area contributed by atoms with Crippen molar-refractivity contribution in [2.75, 3.05) is 19.6 Å². The van der Waals surface area contributed by atoms with Crippen LogP contribution in [-0.4, -0.2) is 19.6 Å². The van der Waals surface area contributed by atoms with Crippen molar-refractivity contribution in [1.82, 2.24) is 10.6 Å². The molecule has 0 spiro atoms. The third-order valence-electron chi connectivity index (χ3n) is 3.71. The van der Waals surface area contributed by atoms with Crippen LogP contribution in [0.3, 0.4) is 0 Å². The molecule has 0 saturated carbocycles. The van der Waals surface area contributed by atoms with Gasteiger partial charge in [-0.05, 0) is 43.9 Å². The first kappa shape index (κ1) is 12.7. The van der Waals surface area contributed by atoms with Crippen molar-refractivity contribution >= 4 is 0 Å². The molecule has 0 radical (unpaired) electrons. The maximum absolute atomic E-state index is 5.56. The maximum atomic E-state index is 5.56. The summed E-state index contributed by atoms with van der Waals surface area (Å²) in [7, 11) is 0. The number of hydrogen-bond donors (Lipinski definition) is 2. The van der Waals surface area contributed by atoms with E-state index in [-0.39, 0.29) is 0 Å². The SMILES string of the molecule is CCCC1(CNCc2ccc(C)o2)CCNC1. The zero-order chi connectivity index (χ0) is 12.1. The Labute approximate surface area is 104 Å². The molecular weight excluding hydrogens is 212 g/mol. The number of furan rings is 1. The van der Waals surface area contributed by atoms with Crippen LogP contribution in [0.15, 0.2) is 16.5 Å². The van der Waals surface area contributed by atoms with Crippen LogP contribution in [0.1, 0.15) is 37.7 Å². The average Bonchev–Trinajstić information content (AvgIpc) is 2.90. The third-order valence-corrected chi connectivity index (χ3v) is 3.71. The number of rotatable bonds is 6.